The Bertz CT molecular complexity index is 842. The highest BCUT2D eigenvalue weighted by atomic mass is 16.2. The Balaban J connectivity index is 1.35. The summed E-state index contributed by atoms with van der Waals surface area (Å²) in [7, 11) is 0. The van der Waals surface area contributed by atoms with Crippen LogP contribution in [0.1, 0.15) is 49.3 Å². The molecule has 1 aromatic carbocycles. The average molecular weight is 382 g/mol. The van der Waals surface area contributed by atoms with E-state index in [1.807, 2.05) is 30.3 Å². The molecule has 0 bridgehead atoms. The summed E-state index contributed by atoms with van der Waals surface area (Å²) in [5, 5.41) is 17.1. The second-order valence-corrected chi connectivity index (χ2v) is 7.55. The van der Waals surface area contributed by atoms with E-state index < -0.39 is 5.54 Å². The first-order valence-corrected chi connectivity index (χ1v) is 9.95. The Kier molecular flexibility index (Phi) is 5.27. The van der Waals surface area contributed by atoms with Crippen LogP contribution in [-0.2, 0) is 30.8 Å². The van der Waals surface area contributed by atoms with Crippen molar-refractivity contribution < 1.29 is 9.59 Å². The standard InChI is InChI=1S/C20H26N6O2/c27-18(21-14-17-25-24-16-9-6-12-26(16)17)20(10-4-5-11-20)23-19(28)22-13-15-7-2-1-3-8-15/h1-3,7-8H,4-6,9-14H2,(H,21,27)(H2,22,23,28). The number of nitrogens with one attached hydrogen (secondary N) is 3. The molecule has 0 spiro atoms. The average Bonchev–Trinajstić information content (AvgIpc) is 3.44. The van der Waals surface area contributed by atoms with Gasteiger partial charge in [0.1, 0.15) is 11.4 Å². The van der Waals surface area contributed by atoms with Gasteiger partial charge in [-0.15, -0.1) is 10.2 Å². The first-order chi connectivity index (χ1) is 13.7. The zero-order valence-electron chi connectivity index (χ0n) is 15.9. The fourth-order valence-electron chi connectivity index (χ4n) is 4.10. The largest absolute Gasteiger partial charge is 0.347 e. The van der Waals surface area contributed by atoms with Gasteiger partial charge in [-0.3, -0.25) is 4.79 Å². The second kappa shape index (κ2) is 8.00. The van der Waals surface area contributed by atoms with E-state index in [2.05, 4.69) is 30.7 Å². The fourth-order valence-corrected chi connectivity index (χ4v) is 4.10. The van der Waals surface area contributed by atoms with Gasteiger partial charge >= 0.3 is 6.03 Å². The predicted molar refractivity (Wildman–Crippen MR) is 103 cm³/mol. The molecule has 0 atom stereocenters. The first kappa shape index (κ1) is 18.5. The summed E-state index contributed by atoms with van der Waals surface area (Å²) >= 11 is 0. The summed E-state index contributed by atoms with van der Waals surface area (Å²) in [6.45, 7) is 1.66. The maximum Gasteiger partial charge on any atom is 0.315 e. The second-order valence-electron chi connectivity index (χ2n) is 7.55. The van der Waals surface area contributed by atoms with Crippen LogP contribution in [0.4, 0.5) is 4.79 Å². The molecule has 2 heterocycles. The zero-order chi connectivity index (χ0) is 19.4. The molecule has 148 valence electrons. The molecule has 1 aliphatic heterocycles. The van der Waals surface area contributed by atoms with E-state index in [0.717, 1.165) is 49.4 Å². The maximum atomic E-state index is 13.0. The Morgan fingerprint density at radius 1 is 1.00 bits per heavy atom. The van der Waals surface area contributed by atoms with Gasteiger partial charge < -0.3 is 20.5 Å². The number of carbonyl (C=O) groups is 2. The minimum Gasteiger partial charge on any atom is -0.347 e. The summed E-state index contributed by atoms with van der Waals surface area (Å²) in [6, 6.07) is 9.39. The topological polar surface area (TPSA) is 101 Å². The number of amides is 3. The van der Waals surface area contributed by atoms with Crippen molar-refractivity contribution in [1.82, 2.24) is 30.7 Å². The van der Waals surface area contributed by atoms with Crippen LogP contribution >= 0.6 is 0 Å². The molecule has 2 aliphatic rings. The number of nitrogens with zero attached hydrogens (tertiary/aromatic N) is 3. The number of hydrogen-bond acceptors (Lipinski definition) is 4. The van der Waals surface area contributed by atoms with Gasteiger partial charge in [0.2, 0.25) is 5.91 Å². The summed E-state index contributed by atoms with van der Waals surface area (Å²) in [5.41, 5.74) is 0.164. The van der Waals surface area contributed by atoms with E-state index in [1.54, 1.807) is 0 Å². The van der Waals surface area contributed by atoms with Gasteiger partial charge in [-0.05, 0) is 24.8 Å². The lowest BCUT2D eigenvalue weighted by atomic mass is 9.96. The molecule has 28 heavy (non-hydrogen) atoms. The molecule has 8 heteroatoms. The molecule has 4 rings (SSSR count). The lowest BCUT2D eigenvalue weighted by Gasteiger charge is -2.29. The van der Waals surface area contributed by atoms with Gasteiger partial charge in [0.05, 0.1) is 6.54 Å². The lowest BCUT2D eigenvalue weighted by molar-refractivity contribution is -0.127. The Morgan fingerprint density at radius 3 is 2.57 bits per heavy atom. The number of fused-ring (bicyclic) bond motifs is 1. The zero-order valence-corrected chi connectivity index (χ0v) is 15.9. The third-order valence-electron chi connectivity index (χ3n) is 5.63. The van der Waals surface area contributed by atoms with Crippen molar-refractivity contribution >= 4 is 11.9 Å². The van der Waals surface area contributed by atoms with Gasteiger partial charge in [-0.2, -0.15) is 0 Å². The normalized spacial score (nSPS) is 17.1. The predicted octanol–water partition coefficient (Wildman–Crippen LogP) is 1.65. The number of aryl methyl sites for hydroxylation is 1. The summed E-state index contributed by atoms with van der Waals surface area (Å²) in [6.07, 6.45) is 5.15. The van der Waals surface area contributed by atoms with Crippen molar-refractivity contribution in [2.75, 3.05) is 0 Å². The Morgan fingerprint density at radius 2 is 1.79 bits per heavy atom. The molecule has 1 saturated carbocycles. The smallest absolute Gasteiger partial charge is 0.315 e. The monoisotopic (exact) mass is 382 g/mol. The Labute approximate surface area is 164 Å². The summed E-state index contributed by atoms with van der Waals surface area (Å²) in [5.74, 6) is 1.62. The van der Waals surface area contributed by atoms with Crippen molar-refractivity contribution in [3.63, 3.8) is 0 Å². The van der Waals surface area contributed by atoms with E-state index in [-0.39, 0.29) is 11.9 Å². The van der Waals surface area contributed by atoms with Crippen molar-refractivity contribution in [2.24, 2.45) is 0 Å². The van der Waals surface area contributed by atoms with Gasteiger partial charge in [0.15, 0.2) is 5.82 Å². The number of carbonyl (C=O) groups excluding carboxylic acids is 2. The van der Waals surface area contributed by atoms with Crippen LogP contribution < -0.4 is 16.0 Å². The molecule has 1 fully saturated rings. The number of hydrogen-bond donors (Lipinski definition) is 3. The van der Waals surface area contributed by atoms with E-state index in [9.17, 15) is 9.59 Å². The minimum atomic E-state index is -0.853. The van der Waals surface area contributed by atoms with Crippen LogP contribution in [0.25, 0.3) is 0 Å². The van der Waals surface area contributed by atoms with Crippen LogP contribution in [0.15, 0.2) is 30.3 Å². The molecule has 3 amide bonds. The highest BCUT2D eigenvalue weighted by Gasteiger charge is 2.42. The highest BCUT2D eigenvalue weighted by molar-refractivity contribution is 5.91. The molecular weight excluding hydrogens is 356 g/mol. The Hall–Kier alpha value is -2.90. The third kappa shape index (κ3) is 3.85. The van der Waals surface area contributed by atoms with E-state index in [4.69, 9.17) is 0 Å². The number of urea groups is 1. The van der Waals surface area contributed by atoms with Gasteiger partial charge in [0.25, 0.3) is 0 Å². The molecule has 0 radical (unpaired) electrons. The van der Waals surface area contributed by atoms with Gasteiger partial charge in [-0.1, -0.05) is 43.2 Å². The van der Waals surface area contributed by atoms with Crippen molar-refractivity contribution in [2.45, 2.75) is 63.7 Å². The minimum absolute atomic E-state index is 0.143. The van der Waals surface area contributed by atoms with E-state index in [1.165, 1.54) is 0 Å². The summed E-state index contributed by atoms with van der Waals surface area (Å²) < 4.78 is 2.07. The van der Waals surface area contributed by atoms with Crippen LogP contribution in [0.5, 0.6) is 0 Å². The number of aromatic nitrogens is 3. The molecule has 0 unspecified atom stereocenters. The molecule has 1 aromatic heterocycles. The fraction of sp³-hybridized carbons (Fsp3) is 0.500. The van der Waals surface area contributed by atoms with Crippen molar-refractivity contribution in [1.29, 1.82) is 0 Å². The van der Waals surface area contributed by atoms with Crippen LogP contribution in [0, 0.1) is 0 Å². The highest BCUT2D eigenvalue weighted by Crippen LogP contribution is 2.30. The van der Waals surface area contributed by atoms with Gasteiger partial charge in [0, 0.05) is 19.5 Å². The van der Waals surface area contributed by atoms with Crippen molar-refractivity contribution in [3.05, 3.63) is 47.5 Å². The van der Waals surface area contributed by atoms with Crippen LogP contribution in [0.3, 0.4) is 0 Å². The molecule has 0 saturated heterocycles. The molecule has 2 aromatic rings. The van der Waals surface area contributed by atoms with E-state index >= 15 is 0 Å². The number of benzene rings is 1. The third-order valence-corrected chi connectivity index (χ3v) is 5.63. The molecule has 3 N–H and O–H groups in total. The first-order valence-electron chi connectivity index (χ1n) is 9.95. The lowest BCUT2D eigenvalue weighted by Crippen LogP contribution is -2.59. The van der Waals surface area contributed by atoms with E-state index in [0.29, 0.717) is 25.9 Å². The summed E-state index contributed by atoms with van der Waals surface area (Å²) in [4.78, 5) is 25.4. The maximum absolute atomic E-state index is 13.0. The number of rotatable bonds is 6. The van der Waals surface area contributed by atoms with Gasteiger partial charge in [-0.25, -0.2) is 4.79 Å². The SMILES string of the molecule is O=C(NCc1ccccc1)NC1(C(=O)NCc2nnc3n2CCC3)CCCC1. The molecule has 1 aliphatic carbocycles. The molecule has 8 nitrogen and oxygen atoms in total. The van der Waals surface area contributed by atoms with Crippen LogP contribution in [0.2, 0.25) is 0 Å². The molecular formula is C20H26N6O2. The quantitative estimate of drug-likeness (QED) is 0.707. The van der Waals surface area contributed by atoms with Crippen LogP contribution in [-0.4, -0.2) is 32.2 Å². The van der Waals surface area contributed by atoms with Crippen molar-refractivity contribution in [3.8, 4) is 0 Å².